The van der Waals surface area contributed by atoms with Crippen LogP contribution in [-0.4, -0.2) is 11.5 Å². The molecular weight excluding hydrogens is 300 g/mol. The average Bonchev–Trinajstić information content (AvgIpc) is 2.94. The van der Waals surface area contributed by atoms with Crippen LogP contribution >= 0.6 is 22.9 Å². The van der Waals surface area contributed by atoms with Crippen molar-refractivity contribution < 1.29 is 0 Å². The maximum Gasteiger partial charge on any atom is 0.0860 e. The third-order valence-electron chi connectivity index (χ3n) is 3.42. The third kappa shape index (κ3) is 3.10. The Bertz CT molecular complexity index is 738. The Labute approximate surface area is 133 Å². The van der Waals surface area contributed by atoms with E-state index in [0.29, 0.717) is 0 Å². The number of aromatic nitrogens is 1. The van der Waals surface area contributed by atoms with Crippen molar-refractivity contribution in [1.82, 2.24) is 10.3 Å². The summed E-state index contributed by atoms with van der Waals surface area (Å²) in [6, 6.07) is 14.4. The van der Waals surface area contributed by atoms with Crippen LogP contribution < -0.4 is 5.32 Å². The molecule has 0 aliphatic rings. The molecule has 0 saturated heterocycles. The fourth-order valence-corrected chi connectivity index (χ4v) is 3.63. The summed E-state index contributed by atoms with van der Waals surface area (Å²) in [5.74, 6) is 0. The molecule has 0 aliphatic heterocycles. The zero-order chi connectivity index (χ0) is 14.7. The molecule has 1 unspecified atom stereocenters. The Hall–Kier alpha value is -1.42. The first-order valence-corrected chi connectivity index (χ1v) is 8.37. The molecule has 21 heavy (non-hydrogen) atoms. The molecule has 0 fully saturated rings. The average molecular weight is 317 g/mol. The Morgan fingerprint density at radius 3 is 2.81 bits per heavy atom. The number of hydrogen-bond donors (Lipinski definition) is 1. The van der Waals surface area contributed by atoms with E-state index in [1.54, 1.807) is 11.3 Å². The Kier molecular flexibility index (Phi) is 4.54. The number of para-hydroxylation sites is 1. The van der Waals surface area contributed by atoms with E-state index < -0.39 is 0 Å². The summed E-state index contributed by atoms with van der Waals surface area (Å²) < 4.78 is 0. The Balaban J connectivity index is 2.03. The highest BCUT2D eigenvalue weighted by Crippen LogP contribution is 2.32. The van der Waals surface area contributed by atoms with Crippen molar-refractivity contribution in [3.05, 3.63) is 63.4 Å². The molecule has 2 nitrogen and oxygen atoms in total. The highest BCUT2D eigenvalue weighted by molar-refractivity contribution is 7.10. The van der Waals surface area contributed by atoms with Crippen molar-refractivity contribution in [3.63, 3.8) is 0 Å². The number of nitrogens with one attached hydrogen (secondary N) is 1. The van der Waals surface area contributed by atoms with Crippen molar-refractivity contribution >= 4 is 33.8 Å². The summed E-state index contributed by atoms with van der Waals surface area (Å²) in [6.07, 6.45) is 1.08. The highest BCUT2D eigenvalue weighted by atomic mass is 35.5. The molecule has 1 atom stereocenters. The molecule has 1 aromatic carbocycles. The molecular formula is C17H17ClN2S. The van der Waals surface area contributed by atoms with Crippen molar-refractivity contribution in [2.75, 3.05) is 6.54 Å². The molecule has 2 heterocycles. The van der Waals surface area contributed by atoms with Crippen LogP contribution in [0.5, 0.6) is 0 Å². The maximum absolute atomic E-state index is 6.32. The lowest BCUT2D eigenvalue weighted by Crippen LogP contribution is -2.23. The van der Waals surface area contributed by atoms with Gasteiger partial charge in [0.25, 0.3) is 0 Å². The van der Waals surface area contributed by atoms with E-state index in [-0.39, 0.29) is 6.04 Å². The molecule has 3 rings (SSSR count). The van der Waals surface area contributed by atoms with Gasteiger partial charge in [0.2, 0.25) is 0 Å². The number of rotatable bonds is 5. The Morgan fingerprint density at radius 1 is 1.19 bits per heavy atom. The Morgan fingerprint density at radius 2 is 2.05 bits per heavy atom. The van der Waals surface area contributed by atoms with E-state index in [0.717, 1.165) is 39.5 Å². The fraction of sp³-hybridized carbons (Fsp3) is 0.235. The number of pyridine rings is 1. The van der Waals surface area contributed by atoms with Gasteiger partial charge in [-0.3, -0.25) is 4.98 Å². The van der Waals surface area contributed by atoms with Gasteiger partial charge in [-0.05, 0) is 36.5 Å². The quantitative estimate of drug-likeness (QED) is 0.713. The van der Waals surface area contributed by atoms with Gasteiger partial charge < -0.3 is 5.32 Å². The molecule has 0 radical (unpaired) electrons. The standard InChI is InChI=1S/C17H17ClN2S/c1-2-10-19-16(17-13(18)9-11-21-17)15-8-7-12-5-3-4-6-14(12)20-15/h3-9,11,16,19H,2,10H2,1H3. The minimum Gasteiger partial charge on any atom is -0.304 e. The van der Waals surface area contributed by atoms with Crippen molar-refractivity contribution in [1.29, 1.82) is 0 Å². The number of nitrogens with zero attached hydrogens (tertiary/aromatic N) is 1. The first-order valence-electron chi connectivity index (χ1n) is 7.11. The van der Waals surface area contributed by atoms with E-state index in [2.05, 4.69) is 30.4 Å². The van der Waals surface area contributed by atoms with Crippen LogP contribution in [0.2, 0.25) is 5.02 Å². The van der Waals surface area contributed by atoms with Gasteiger partial charge in [-0.25, -0.2) is 0 Å². The molecule has 0 spiro atoms. The number of halogens is 1. The van der Waals surface area contributed by atoms with Crippen LogP contribution in [0.25, 0.3) is 10.9 Å². The largest absolute Gasteiger partial charge is 0.304 e. The zero-order valence-corrected chi connectivity index (χ0v) is 13.4. The minimum atomic E-state index is 0.0575. The topological polar surface area (TPSA) is 24.9 Å². The van der Waals surface area contributed by atoms with Gasteiger partial charge in [-0.15, -0.1) is 11.3 Å². The lowest BCUT2D eigenvalue weighted by atomic mass is 10.1. The van der Waals surface area contributed by atoms with Crippen LogP contribution in [0, 0.1) is 0 Å². The summed E-state index contributed by atoms with van der Waals surface area (Å²) >= 11 is 8.00. The molecule has 108 valence electrons. The number of fused-ring (bicyclic) bond motifs is 1. The summed E-state index contributed by atoms with van der Waals surface area (Å²) in [7, 11) is 0. The van der Waals surface area contributed by atoms with Crippen molar-refractivity contribution in [2.45, 2.75) is 19.4 Å². The molecule has 3 aromatic rings. The molecule has 2 aromatic heterocycles. The van der Waals surface area contributed by atoms with Gasteiger partial charge in [-0.2, -0.15) is 0 Å². The van der Waals surface area contributed by atoms with Crippen molar-refractivity contribution in [2.24, 2.45) is 0 Å². The van der Waals surface area contributed by atoms with E-state index in [9.17, 15) is 0 Å². The highest BCUT2D eigenvalue weighted by Gasteiger charge is 2.19. The van der Waals surface area contributed by atoms with Gasteiger partial charge in [0.1, 0.15) is 0 Å². The van der Waals surface area contributed by atoms with Gasteiger partial charge >= 0.3 is 0 Å². The van der Waals surface area contributed by atoms with E-state index >= 15 is 0 Å². The first kappa shape index (κ1) is 14.5. The van der Waals surface area contributed by atoms with Crippen LogP contribution in [0.15, 0.2) is 47.8 Å². The normalized spacial score (nSPS) is 12.7. The predicted molar refractivity (Wildman–Crippen MR) is 91.2 cm³/mol. The molecule has 0 aliphatic carbocycles. The predicted octanol–water partition coefficient (Wildman–Crippen LogP) is 5.04. The monoisotopic (exact) mass is 316 g/mol. The number of hydrogen-bond acceptors (Lipinski definition) is 3. The van der Waals surface area contributed by atoms with Crippen LogP contribution in [-0.2, 0) is 0 Å². The third-order valence-corrected chi connectivity index (χ3v) is 4.84. The lowest BCUT2D eigenvalue weighted by molar-refractivity contribution is 0.595. The molecule has 1 N–H and O–H groups in total. The second kappa shape index (κ2) is 6.56. The first-order chi connectivity index (χ1) is 10.3. The van der Waals surface area contributed by atoms with Gasteiger partial charge in [0, 0.05) is 10.3 Å². The van der Waals surface area contributed by atoms with Crippen LogP contribution in [0.3, 0.4) is 0 Å². The molecule has 0 saturated carbocycles. The smallest absolute Gasteiger partial charge is 0.0860 e. The van der Waals surface area contributed by atoms with Crippen LogP contribution in [0.4, 0.5) is 0 Å². The second-order valence-corrected chi connectivity index (χ2v) is 6.30. The SMILES string of the molecule is CCCNC(c1ccc2ccccc2n1)c1sccc1Cl. The van der Waals surface area contributed by atoms with E-state index in [1.165, 1.54) is 0 Å². The van der Waals surface area contributed by atoms with E-state index in [1.807, 2.05) is 29.6 Å². The van der Waals surface area contributed by atoms with Gasteiger partial charge in [0.05, 0.1) is 22.3 Å². The molecule has 0 amide bonds. The maximum atomic E-state index is 6.32. The van der Waals surface area contributed by atoms with Crippen molar-refractivity contribution in [3.8, 4) is 0 Å². The zero-order valence-electron chi connectivity index (χ0n) is 11.8. The lowest BCUT2D eigenvalue weighted by Gasteiger charge is -2.18. The number of benzene rings is 1. The fourth-order valence-electron chi connectivity index (χ4n) is 2.37. The number of thiophene rings is 1. The van der Waals surface area contributed by atoms with Crippen LogP contribution in [0.1, 0.15) is 30.0 Å². The minimum absolute atomic E-state index is 0.0575. The molecule has 0 bridgehead atoms. The van der Waals surface area contributed by atoms with Gasteiger partial charge in [0.15, 0.2) is 0 Å². The summed E-state index contributed by atoms with van der Waals surface area (Å²) in [5.41, 5.74) is 2.04. The summed E-state index contributed by atoms with van der Waals surface area (Å²) in [6.45, 7) is 3.10. The van der Waals surface area contributed by atoms with E-state index in [4.69, 9.17) is 16.6 Å². The second-order valence-electron chi connectivity index (χ2n) is 4.95. The summed E-state index contributed by atoms with van der Waals surface area (Å²) in [5, 5.41) is 7.55. The van der Waals surface area contributed by atoms with Gasteiger partial charge in [-0.1, -0.05) is 42.8 Å². The molecule has 4 heteroatoms. The summed E-state index contributed by atoms with van der Waals surface area (Å²) in [4.78, 5) is 5.94.